The molecule has 2 aromatic heterocycles. The normalized spacial score (nSPS) is 17.8. The van der Waals surface area contributed by atoms with Gasteiger partial charge in [0, 0.05) is 49.2 Å². The third-order valence-corrected chi connectivity index (χ3v) is 6.89. The number of amides is 1. The van der Waals surface area contributed by atoms with Crippen LogP contribution in [0.1, 0.15) is 11.6 Å². The molecule has 1 saturated heterocycles. The molecule has 10 nitrogen and oxygen atoms in total. The van der Waals surface area contributed by atoms with Gasteiger partial charge in [-0.3, -0.25) is 4.79 Å². The number of nitrogen functional groups attached to an aromatic ring is 1. The molecule has 0 bridgehead atoms. The zero-order chi connectivity index (χ0) is 26.2. The van der Waals surface area contributed by atoms with Crippen LogP contribution in [0, 0.1) is 5.82 Å². The maximum atomic E-state index is 14.2. The van der Waals surface area contributed by atoms with Gasteiger partial charge in [0.2, 0.25) is 0 Å². The summed E-state index contributed by atoms with van der Waals surface area (Å²) < 4.78 is 21.3. The number of morpholine rings is 1. The van der Waals surface area contributed by atoms with E-state index in [1.165, 1.54) is 18.5 Å². The number of aromatic hydroxyl groups is 1. The Balaban J connectivity index is 1.40. The van der Waals surface area contributed by atoms with Crippen molar-refractivity contribution in [3.8, 4) is 17.0 Å². The molecule has 2 aromatic carbocycles. The Kier molecular flexibility index (Phi) is 6.12. The molecule has 6 rings (SSSR count). The molecule has 0 saturated carbocycles. The number of para-hydroxylation sites is 1. The van der Waals surface area contributed by atoms with Gasteiger partial charge in [-0.25, -0.2) is 19.0 Å². The largest absolute Gasteiger partial charge is 0.508 e. The Labute approximate surface area is 217 Å². The van der Waals surface area contributed by atoms with E-state index in [0.29, 0.717) is 48.5 Å². The maximum Gasteiger partial charge on any atom is 0.252 e. The molecule has 1 atom stereocenters. The van der Waals surface area contributed by atoms with Gasteiger partial charge in [-0.15, -0.1) is 0 Å². The van der Waals surface area contributed by atoms with Gasteiger partial charge in [0.05, 0.1) is 24.6 Å². The van der Waals surface area contributed by atoms with Crippen molar-refractivity contribution < 1.29 is 19.0 Å². The van der Waals surface area contributed by atoms with Crippen molar-refractivity contribution >= 4 is 28.4 Å². The zero-order valence-electron chi connectivity index (χ0n) is 20.5. The number of benzene rings is 2. The highest BCUT2D eigenvalue weighted by molar-refractivity contribution is 6.02. The van der Waals surface area contributed by atoms with Crippen LogP contribution in [0.25, 0.3) is 22.3 Å². The fourth-order valence-electron chi connectivity index (χ4n) is 5.10. The molecule has 0 spiro atoms. The summed E-state index contributed by atoms with van der Waals surface area (Å²) in [6.07, 6.45) is 5.37. The molecular weight excluding hydrogens is 489 g/mol. The van der Waals surface area contributed by atoms with Gasteiger partial charge in [0.15, 0.2) is 5.65 Å². The van der Waals surface area contributed by atoms with Crippen LogP contribution in [0.4, 0.5) is 15.9 Å². The summed E-state index contributed by atoms with van der Waals surface area (Å²) in [5.74, 6) is -0.783. The minimum absolute atomic E-state index is 0.144. The molecule has 0 aliphatic carbocycles. The summed E-state index contributed by atoms with van der Waals surface area (Å²) in [7, 11) is 0. The van der Waals surface area contributed by atoms with Crippen molar-refractivity contribution in [2.24, 2.45) is 0 Å². The third kappa shape index (κ3) is 4.41. The summed E-state index contributed by atoms with van der Waals surface area (Å²) in [4.78, 5) is 25.8. The molecular formula is C27H26FN7O3. The lowest BCUT2D eigenvalue weighted by molar-refractivity contribution is -0.114. The first-order valence-electron chi connectivity index (χ1n) is 12.4. The van der Waals surface area contributed by atoms with Crippen molar-refractivity contribution in [3.05, 3.63) is 72.4 Å². The molecule has 2 aliphatic rings. The number of rotatable bonds is 4. The van der Waals surface area contributed by atoms with E-state index in [1.54, 1.807) is 15.7 Å². The van der Waals surface area contributed by atoms with Crippen LogP contribution < -0.4 is 10.6 Å². The predicted molar refractivity (Wildman–Crippen MR) is 140 cm³/mol. The van der Waals surface area contributed by atoms with Crippen molar-refractivity contribution in [1.29, 1.82) is 0 Å². The number of halogens is 1. The highest BCUT2D eigenvalue weighted by atomic mass is 19.1. The van der Waals surface area contributed by atoms with Gasteiger partial charge >= 0.3 is 0 Å². The molecule has 1 amide bonds. The van der Waals surface area contributed by atoms with E-state index in [2.05, 4.69) is 14.9 Å². The zero-order valence-corrected chi connectivity index (χ0v) is 20.5. The molecule has 2 aliphatic heterocycles. The van der Waals surface area contributed by atoms with Gasteiger partial charge in [0.25, 0.3) is 5.91 Å². The van der Waals surface area contributed by atoms with Gasteiger partial charge in [-0.2, -0.15) is 5.10 Å². The summed E-state index contributed by atoms with van der Waals surface area (Å²) in [6, 6.07) is 11.2. The lowest BCUT2D eigenvalue weighted by Gasteiger charge is -2.34. The molecule has 38 heavy (non-hydrogen) atoms. The number of phenolic OH excluding ortho intramolecular Hbond substituents is 1. The topological polar surface area (TPSA) is 123 Å². The second-order valence-corrected chi connectivity index (χ2v) is 9.35. The Morgan fingerprint density at radius 2 is 1.97 bits per heavy atom. The predicted octanol–water partition coefficient (Wildman–Crippen LogP) is 2.90. The van der Waals surface area contributed by atoms with Gasteiger partial charge in [-0.05, 0) is 30.2 Å². The number of carbonyl (C=O) groups is 1. The molecule has 4 heterocycles. The number of fused-ring (bicyclic) bond motifs is 2. The summed E-state index contributed by atoms with van der Waals surface area (Å²) >= 11 is 0. The first-order chi connectivity index (χ1) is 18.5. The number of hydrogen-bond acceptors (Lipinski definition) is 8. The van der Waals surface area contributed by atoms with Crippen molar-refractivity contribution in [3.63, 3.8) is 0 Å². The molecule has 1 fully saturated rings. The van der Waals surface area contributed by atoms with E-state index in [0.717, 1.165) is 30.4 Å². The average Bonchev–Trinajstić information content (AvgIpc) is 3.32. The number of nitrogens with zero attached hydrogens (tertiary/aromatic N) is 6. The lowest BCUT2D eigenvalue weighted by atomic mass is 9.97. The minimum Gasteiger partial charge on any atom is -0.508 e. The van der Waals surface area contributed by atoms with E-state index in [1.807, 2.05) is 30.5 Å². The van der Waals surface area contributed by atoms with E-state index in [-0.39, 0.29) is 23.5 Å². The van der Waals surface area contributed by atoms with Crippen LogP contribution in [0.5, 0.6) is 5.75 Å². The van der Waals surface area contributed by atoms with E-state index >= 15 is 0 Å². The highest BCUT2D eigenvalue weighted by Crippen LogP contribution is 2.37. The van der Waals surface area contributed by atoms with E-state index < -0.39 is 5.82 Å². The highest BCUT2D eigenvalue weighted by Gasteiger charge is 2.31. The molecule has 194 valence electrons. The van der Waals surface area contributed by atoms with Gasteiger partial charge in [0.1, 0.15) is 29.4 Å². The number of hydrogen-bond donors (Lipinski definition) is 2. The molecule has 11 heteroatoms. The summed E-state index contributed by atoms with van der Waals surface area (Å²) in [5, 5.41) is 15.3. The smallest absolute Gasteiger partial charge is 0.252 e. The van der Waals surface area contributed by atoms with Crippen LogP contribution in [0.3, 0.4) is 0 Å². The van der Waals surface area contributed by atoms with Crippen LogP contribution in [0.2, 0.25) is 0 Å². The SMILES string of the molecule is Nc1ncnc2c1c(-c1cc(O)cc(F)c1)nn2C1Cc2ccccc2N(C(=O)C=CN2CCOCC2)C1. The molecule has 1 unspecified atom stereocenters. The minimum atomic E-state index is -0.603. The van der Waals surface area contributed by atoms with Crippen molar-refractivity contribution in [1.82, 2.24) is 24.6 Å². The third-order valence-electron chi connectivity index (χ3n) is 6.89. The quantitative estimate of drug-likeness (QED) is 0.398. The van der Waals surface area contributed by atoms with Crippen molar-refractivity contribution in [2.45, 2.75) is 12.5 Å². The first-order valence-corrected chi connectivity index (χ1v) is 12.4. The number of aromatic nitrogens is 4. The van der Waals surface area contributed by atoms with Crippen molar-refractivity contribution in [2.75, 3.05) is 43.5 Å². The van der Waals surface area contributed by atoms with Crippen LogP contribution in [-0.2, 0) is 16.0 Å². The van der Waals surface area contributed by atoms with Crippen LogP contribution in [0.15, 0.2) is 61.1 Å². The number of anilines is 2. The second kappa shape index (κ2) is 9.75. The number of nitrogens with two attached hydrogens (primary N) is 1. The monoisotopic (exact) mass is 515 g/mol. The van der Waals surface area contributed by atoms with E-state index in [4.69, 9.17) is 15.6 Å². The Bertz CT molecular complexity index is 1530. The molecule has 3 N–H and O–H groups in total. The van der Waals surface area contributed by atoms with E-state index in [9.17, 15) is 14.3 Å². The van der Waals surface area contributed by atoms with Crippen LogP contribution in [-0.4, -0.2) is 68.5 Å². The summed E-state index contributed by atoms with van der Waals surface area (Å²) in [5.41, 5.74) is 9.25. The Morgan fingerprint density at radius 1 is 1.16 bits per heavy atom. The van der Waals surface area contributed by atoms with Crippen LogP contribution >= 0.6 is 0 Å². The first kappa shape index (κ1) is 23.9. The standard InChI is InChI=1S/C27H26FN7O3/c28-19-11-18(13-21(36)14-19)25-24-26(29)30-16-31-27(24)35(32-25)20-12-17-3-1-2-4-22(17)34(15-20)23(37)5-6-33-7-9-38-10-8-33/h1-6,11,13-14,16,20,36H,7-10,12,15H2,(H2,29,30,31). The van der Waals surface area contributed by atoms with Gasteiger partial charge < -0.3 is 25.4 Å². The summed E-state index contributed by atoms with van der Waals surface area (Å²) in [6.45, 7) is 3.09. The fraction of sp³-hybridized carbons (Fsp3) is 0.259. The second-order valence-electron chi connectivity index (χ2n) is 9.35. The molecule has 0 radical (unpaired) electrons. The molecule has 4 aromatic rings. The number of phenols is 1. The lowest BCUT2D eigenvalue weighted by Crippen LogP contribution is -2.41. The Hall–Kier alpha value is -4.51. The Morgan fingerprint density at radius 3 is 2.79 bits per heavy atom. The average molecular weight is 516 g/mol. The van der Waals surface area contributed by atoms with Gasteiger partial charge in [-0.1, -0.05) is 18.2 Å². The number of carbonyl (C=O) groups excluding carboxylic acids is 1. The fourth-order valence-corrected chi connectivity index (χ4v) is 5.10. The maximum absolute atomic E-state index is 14.2. The number of ether oxygens (including phenoxy) is 1.